The first kappa shape index (κ1) is 17.0. The molecule has 0 aliphatic carbocycles. The van der Waals surface area contributed by atoms with E-state index in [0.717, 1.165) is 0 Å². The Balaban J connectivity index is 1.57. The lowest BCUT2D eigenvalue weighted by Crippen LogP contribution is -1.87. The fraction of sp³-hybridized carbons (Fsp3) is 0. The third-order valence-electron chi connectivity index (χ3n) is 6.05. The molecule has 0 unspecified atom stereocenters. The zero-order valence-corrected chi connectivity index (χ0v) is 16.5. The molecule has 0 saturated heterocycles. The topological polar surface area (TPSA) is 0 Å². The van der Waals surface area contributed by atoms with Gasteiger partial charge in [-0.2, -0.15) is 0 Å². The Kier molecular flexibility index (Phi) is 3.89. The fourth-order valence-electron chi connectivity index (χ4n) is 4.52. The van der Waals surface area contributed by atoms with Gasteiger partial charge >= 0.3 is 0 Å². The van der Waals surface area contributed by atoms with Gasteiger partial charge in [0.25, 0.3) is 0 Å². The number of rotatable bonds is 2. The van der Waals surface area contributed by atoms with Gasteiger partial charge in [-0.25, -0.2) is 0 Å². The Hall–Kier alpha value is -3.90. The molecule has 140 valence electrons. The molecule has 0 fully saturated rings. The van der Waals surface area contributed by atoms with Crippen LogP contribution in [0.3, 0.4) is 0 Å². The van der Waals surface area contributed by atoms with Gasteiger partial charge in [-0.15, -0.1) is 0 Å². The van der Waals surface area contributed by atoms with Crippen molar-refractivity contribution in [1.29, 1.82) is 0 Å². The highest BCUT2D eigenvalue weighted by Gasteiger charge is 2.10. The molecule has 0 nitrogen and oxygen atoms in total. The van der Waals surface area contributed by atoms with E-state index in [1.54, 1.807) is 0 Å². The summed E-state index contributed by atoms with van der Waals surface area (Å²) >= 11 is 0. The van der Waals surface area contributed by atoms with E-state index in [9.17, 15) is 0 Å². The second-order valence-electron chi connectivity index (χ2n) is 7.83. The Morgan fingerprint density at radius 3 is 1.17 bits per heavy atom. The first-order valence-electron chi connectivity index (χ1n) is 10.4. The standard InChI is InChI=1S/C30H20/c1-3-9-23-19-25(15-13-21(23)7-1)27-17-18-28(30-12-6-5-11-29(27)30)26-16-14-22-8-2-4-10-24(22)20-26/h1-20H. The van der Waals surface area contributed by atoms with Gasteiger partial charge in [0.15, 0.2) is 0 Å². The minimum absolute atomic E-state index is 1.26. The van der Waals surface area contributed by atoms with Crippen molar-refractivity contribution < 1.29 is 0 Å². The van der Waals surface area contributed by atoms with E-state index in [1.165, 1.54) is 54.6 Å². The second kappa shape index (κ2) is 6.86. The minimum atomic E-state index is 1.26. The van der Waals surface area contributed by atoms with Crippen molar-refractivity contribution >= 4 is 32.3 Å². The summed E-state index contributed by atoms with van der Waals surface area (Å²) in [7, 11) is 0. The van der Waals surface area contributed by atoms with E-state index in [0.29, 0.717) is 0 Å². The van der Waals surface area contributed by atoms with Crippen molar-refractivity contribution in [2.45, 2.75) is 0 Å². The van der Waals surface area contributed by atoms with Crippen LogP contribution in [0.5, 0.6) is 0 Å². The van der Waals surface area contributed by atoms with Crippen molar-refractivity contribution in [1.82, 2.24) is 0 Å². The third kappa shape index (κ3) is 2.77. The van der Waals surface area contributed by atoms with E-state index in [1.807, 2.05) is 0 Å². The van der Waals surface area contributed by atoms with Gasteiger partial charge < -0.3 is 0 Å². The zero-order valence-electron chi connectivity index (χ0n) is 16.5. The van der Waals surface area contributed by atoms with Crippen molar-refractivity contribution in [3.05, 3.63) is 121 Å². The van der Waals surface area contributed by atoms with Crippen molar-refractivity contribution in [3.63, 3.8) is 0 Å². The first-order chi connectivity index (χ1) is 14.9. The SMILES string of the molecule is c1ccc2cc(-c3ccc(-c4ccc5ccccc5c4)c4ccccc34)ccc2c1. The normalized spacial score (nSPS) is 11.3. The lowest BCUT2D eigenvalue weighted by molar-refractivity contribution is 1.65. The highest BCUT2D eigenvalue weighted by atomic mass is 14.1. The van der Waals surface area contributed by atoms with Gasteiger partial charge in [0.05, 0.1) is 0 Å². The first-order valence-corrected chi connectivity index (χ1v) is 10.4. The average Bonchev–Trinajstić information content (AvgIpc) is 2.83. The Morgan fingerprint density at radius 1 is 0.300 bits per heavy atom. The van der Waals surface area contributed by atoms with Crippen LogP contribution in [0.15, 0.2) is 121 Å². The number of hydrogen-bond donors (Lipinski definition) is 0. The van der Waals surface area contributed by atoms with E-state index in [2.05, 4.69) is 121 Å². The van der Waals surface area contributed by atoms with Crippen molar-refractivity contribution in [3.8, 4) is 22.3 Å². The molecule has 0 N–H and O–H groups in total. The van der Waals surface area contributed by atoms with Crippen LogP contribution in [-0.2, 0) is 0 Å². The fourth-order valence-corrected chi connectivity index (χ4v) is 4.52. The molecule has 0 aliphatic rings. The zero-order chi connectivity index (χ0) is 19.9. The average molecular weight is 380 g/mol. The van der Waals surface area contributed by atoms with Gasteiger partial charge in [0, 0.05) is 0 Å². The summed E-state index contributed by atoms with van der Waals surface area (Å²) in [6.07, 6.45) is 0. The predicted octanol–water partition coefficient (Wildman–Crippen LogP) is 8.48. The van der Waals surface area contributed by atoms with Gasteiger partial charge in [0.2, 0.25) is 0 Å². The molecular weight excluding hydrogens is 360 g/mol. The summed E-state index contributed by atoms with van der Waals surface area (Å²) in [4.78, 5) is 0. The summed E-state index contributed by atoms with van der Waals surface area (Å²) in [5.41, 5.74) is 5.08. The maximum Gasteiger partial charge on any atom is -0.00992 e. The van der Waals surface area contributed by atoms with Crippen LogP contribution in [0.1, 0.15) is 0 Å². The molecule has 0 aromatic heterocycles. The minimum Gasteiger partial charge on any atom is -0.0616 e. The Morgan fingerprint density at radius 2 is 0.700 bits per heavy atom. The largest absolute Gasteiger partial charge is 0.0616 e. The van der Waals surface area contributed by atoms with E-state index < -0.39 is 0 Å². The summed E-state index contributed by atoms with van der Waals surface area (Å²) in [6, 6.07) is 43.9. The molecule has 30 heavy (non-hydrogen) atoms. The lowest BCUT2D eigenvalue weighted by atomic mass is 9.91. The van der Waals surface area contributed by atoms with E-state index in [4.69, 9.17) is 0 Å². The molecule has 0 saturated carbocycles. The lowest BCUT2D eigenvalue weighted by Gasteiger charge is -2.13. The molecule has 6 rings (SSSR count). The third-order valence-corrected chi connectivity index (χ3v) is 6.05. The second-order valence-corrected chi connectivity index (χ2v) is 7.83. The van der Waals surface area contributed by atoms with Crippen LogP contribution < -0.4 is 0 Å². The van der Waals surface area contributed by atoms with Crippen LogP contribution in [0, 0.1) is 0 Å². The maximum atomic E-state index is 2.30. The van der Waals surface area contributed by atoms with Gasteiger partial charge in [0.1, 0.15) is 0 Å². The van der Waals surface area contributed by atoms with Crippen LogP contribution in [0.2, 0.25) is 0 Å². The van der Waals surface area contributed by atoms with Crippen LogP contribution in [0.4, 0.5) is 0 Å². The van der Waals surface area contributed by atoms with Gasteiger partial charge in [-0.3, -0.25) is 0 Å². The Labute approximate surface area is 176 Å². The molecular formula is C30H20. The summed E-state index contributed by atoms with van der Waals surface area (Å²) in [5.74, 6) is 0. The quantitative estimate of drug-likeness (QED) is 0.282. The molecule has 0 bridgehead atoms. The highest BCUT2D eigenvalue weighted by Crippen LogP contribution is 2.37. The van der Waals surface area contributed by atoms with Gasteiger partial charge in [-0.05, 0) is 66.7 Å². The van der Waals surface area contributed by atoms with E-state index >= 15 is 0 Å². The summed E-state index contributed by atoms with van der Waals surface area (Å²) in [5, 5.41) is 7.68. The monoisotopic (exact) mass is 380 g/mol. The highest BCUT2D eigenvalue weighted by molar-refractivity contribution is 6.06. The number of fused-ring (bicyclic) bond motifs is 3. The molecule has 0 aliphatic heterocycles. The van der Waals surface area contributed by atoms with Crippen LogP contribution >= 0.6 is 0 Å². The van der Waals surface area contributed by atoms with Gasteiger partial charge in [-0.1, -0.05) is 109 Å². The molecule has 0 atom stereocenters. The van der Waals surface area contributed by atoms with E-state index in [-0.39, 0.29) is 0 Å². The molecule has 0 heterocycles. The van der Waals surface area contributed by atoms with Crippen molar-refractivity contribution in [2.75, 3.05) is 0 Å². The summed E-state index contributed by atoms with van der Waals surface area (Å²) < 4.78 is 0. The Bertz CT molecular complexity index is 1420. The molecule has 6 aromatic carbocycles. The summed E-state index contributed by atoms with van der Waals surface area (Å²) in [6.45, 7) is 0. The molecule has 0 amide bonds. The van der Waals surface area contributed by atoms with Crippen LogP contribution in [0.25, 0.3) is 54.6 Å². The number of benzene rings is 6. The molecule has 0 radical (unpaired) electrons. The van der Waals surface area contributed by atoms with Crippen molar-refractivity contribution in [2.24, 2.45) is 0 Å². The molecule has 6 aromatic rings. The smallest absolute Gasteiger partial charge is 0.00992 e. The van der Waals surface area contributed by atoms with Crippen LogP contribution in [-0.4, -0.2) is 0 Å². The molecule has 0 spiro atoms. The predicted molar refractivity (Wildman–Crippen MR) is 130 cm³/mol. The number of hydrogen-bond acceptors (Lipinski definition) is 0. The molecule has 0 heteroatoms. The maximum absolute atomic E-state index is 2.30.